The number of likely N-dealkylation sites (N-methyl/N-ethyl adjacent to an activating group) is 1. The standard InChI is InChI=1S/C13H30N2O/c1-7-8-14-13(10-16-6)9-15(5)12(4)11(2)3/h11-14H,7-10H2,1-6H3. The van der Waals surface area contributed by atoms with Gasteiger partial charge in [0.05, 0.1) is 6.61 Å². The first-order valence-electron chi connectivity index (χ1n) is 6.45. The van der Waals surface area contributed by atoms with Gasteiger partial charge in [-0.3, -0.25) is 0 Å². The molecule has 0 aliphatic carbocycles. The van der Waals surface area contributed by atoms with Crippen molar-refractivity contribution in [2.45, 2.75) is 46.2 Å². The van der Waals surface area contributed by atoms with Crippen molar-refractivity contribution in [2.75, 3.05) is 33.9 Å². The first-order valence-corrected chi connectivity index (χ1v) is 6.45. The third-order valence-electron chi connectivity index (χ3n) is 3.22. The number of hydrogen-bond acceptors (Lipinski definition) is 3. The Morgan fingerprint density at radius 3 is 2.31 bits per heavy atom. The van der Waals surface area contributed by atoms with Gasteiger partial charge in [0.25, 0.3) is 0 Å². The molecule has 98 valence electrons. The van der Waals surface area contributed by atoms with Gasteiger partial charge in [-0.25, -0.2) is 0 Å². The van der Waals surface area contributed by atoms with E-state index in [9.17, 15) is 0 Å². The molecule has 0 rings (SSSR count). The maximum absolute atomic E-state index is 5.25. The lowest BCUT2D eigenvalue weighted by Crippen LogP contribution is -2.46. The first kappa shape index (κ1) is 15.9. The van der Waals surface area contributed by atoms with Gasteiger partial charge in [0.2, 0.25) is 0 Å². The predicted octanol–water partition coefficient (Wildman–Crippen LogP) is 1.98. The maximum atomic E-state index is 5.25. The first-order chi connectivity index (χ1) is 7.52. The molecular formula is C13H30N2O. The van der Waals surface area contributed by atoms with Crippen molar-refractivity contribution in [2.24, 2.45) is 5.92 Å². The van der Waals surface area contributed by atoms with E-state index in [0.29, 0.717) is 18.0 Å². The van der Waals surface area contributed by atoms with Gasteiger partial charge in [-0.15, -0.1) is 0 Å². The lowest BCUT2D eigenvalue weighted by Gasteiger charge is -2.31. The van der Waals surface area contributed by atoms with Crippen molar-refractivity contribution >= 4 is 0 Å². The SMILES string of the molecule is CCCNC(COC)CN(C)C(C)C(C)C. The molecule has 0 spiro atoms. The van der Waals surface area contributed by atoms with Gasteiger partial charge in [-0.1, -0.05) is 20.8 Å². The van der Waals surface area contributed by atoms with Gasteiger partial charge in [0.15, 0.2) is 0 Å². The summed E-state index contributed by atoms with van der Waals surface area (Å²) in [6, 6.07) is 1.05. The highest BCUT2D eigenvalue weighted by Crippen LogP contribution is 2.08. The zero-order valence-corrected chi connectivity index (χ0v) is 11.9. The minimum Gasteiger partial charge on any atom is -0.383 e. The molecular weight excluding hydrogens is 200 g/mol. The fourth-order valence-electron chi connectivity index (χ4n) is 1.75. The molecule has 0 fully saturated rings. The molecule has 0 heterocycles. The summed E-state index contributed by atoms with van der Waals surface area (Å²) in [6.45, 7) is 11.9. The van der Waals surface area contributed by atoms with Gasteiger partial charge in [-0.2, -0.15) is 0 Å². The Morgan fingerprint density at radius 1 is 1.25 bits per heavy atom. The molecule has 0 aliphatic rings. The Hall–Kier alpha value is -0.120. The second-order valence-electron chi connectivity index (χ2n) is 5.03. The van der Waals surface area contributed by atoms with Gasteiger partial charge in [0, 0.05) is 25.7 Å². The Labute approximate surface area is 102 Å². The van der Waals surface area contributed by atoms with E-state index in [2.05, 4.69) is 45.0 Å². The average Bonchev–Trinajstić information content (AvgIpc) is 2.24. The number of hydrogen-bond donors (Lipinski definition) is 1. The fraction of sp³-hybridized carbons (Fsp3) is 1.00. The van der Waals surface area contributed by atoms with E-state index in [0.717, 1.165) is 19.7 Å². The molecule has 0 aliphatic heterocycles. The molecule has 0 aromatic heterocycles. The summed E-state index contributed by atoms with van der Waals surface area (Å²) < 4.78 is 5.25. The van der Waals surface area contributed by atoms with E-state index in [-0.39, 0.29) is 0 Å². The molecule has 16 heavy (non-hydrogen) atoms. The third kappa shape index (κ3) is 6.46. The van der Waals surface area contributed by atoms with E-state index in [1.807, 2.05) is 0 Å². The molecule has 0 bridgehead atoms. The zero-order valence-electron chi connectivity index (χ0n) is 11.9. The summed E-state index contributed by atoms with van der Waals surface area (Å²) in [7, 11) is 3.97. The van der Waals surface area contributed by atoms with Crippen molar-refractivity contribution in [3.05, 3.63) is 0 Å². The van der Waals surface area contributed by atoms with Crippen LogP contribution in [-0.2, 0) is 4.74 Å². The van der Waals surface area contributed by atoms with E-state index in [4.69, 9.17) is 4.74 Å². The van der Waals surface area contributed by atoms with Crippen molar-refractivity contribution in [1.82, 2.24) is 10.2 Å². The molecule has 0 saturated carbocycles. The normalized spacial score (nSPS) is 15.8. The molecule has 2 atom stereocenters. The number of methoxy groups -OCH3 is 1. The minimum atomic E-state index is 0.441. The molecule has 3 nitrogen and oxygen atoms in total. The number of nitrogens with one attached hydrogen (secondary N) is 1. The molecule has 1 N–H and O–H groups in total. The largest absolute Gasteiger partial charge is 0.383 e. The fourth-order valence-corrected chi connectivity index (χ4v) is 1.75. The van der Waals surface area contributed by atoms with Crippen LogP contribution in [0.3, 0.4) is 0 Å². The van der Waals surface area contributed by atoms with Crippen LogP contribution in [0.4, 0.5) is 0 Å². The van der Waals surface area contributed by atoms with Crippen LogP contribution in [0.25, 0.3) is 0 Å². The van der Waals surface area contributed by atoms with Gasteiger partial charge < -0.3 is 15.0 Å². The summed E-state index contributed by atoms with van der Waals surface area (Å²) in [6.07, 6.45) is 1.17. The third-order valence-corrected chi connectivity index (χ3v) is 3.22. The second-order valence-corrected chi connectivity index (χ2v) is 5.03. The molecule has 3 heteroatoms. The summed E-state index contributed by atoms with van der Waals surface area (Å²) >= 11 is 0. The molecule has 0 radical (unpaired) electrons. The van der Waals surface area contributed by atoms with Crippen LogP contribution in [0, 0.1) is 5.92 Å². The maximum Gasteiger partial charge on any atom is 0.0628 e. The van der Waals surface area contributed by atoms with E-state index < -0.39 is 0 Å². The van der Waals surface area contributed by atoms with Crippen molar-refractivity contribution in [3.63, 3.8) is 0 Å². The smallest absolute Gasteiger partial charge is 0.0628 e. The quantitative estimate of drug-likeness (QED) is 0.655. The van der Waals surface area contributed by atoms with E-state index in [1.165, 1.54) is 6.42 Å². The number of ether oxygens (including phenoxy) is 1. The average molecular weight is 230 g/mol. The van der Waals surface area contributed by atoms with Crippen LogP contribution in [0.1, 0.15) is 34.1 Å². The molecule has 2 unspecified atom stereocenters. The second kappa shape index (κ2) is 8.97. The molecule has 0 aromatic rings. The van der Waals surface area contributed by atoms with Crippen LogP contribution in [0.5, 0.6) is 0 Å². The van der Waals surface area contributed by atoms with Crippen LogP contribution in [-0.4, -0.2) is 50.8 Å². The Balaban J connectivity index is 4.05. The molecule has 0 aromatic carbocycles. The highest BCUT2D eigenvalue weighted by Gasteiger charge is 2.17. The number of rotatable bonds is 9. The van der Waals surface area contributed by atoms with Crippen LogP contribution in [0.2, 0.25) is 0 Å². The molecule has 0 amide bonds. The summed E-state index contributed by atoms with van der Waals surface area (Å²) in [5, 5.41) is 3.53. The van der Waals surface area contributed by atoms with Gasteiger partial charge >= 0.3 is 0 Å². The Bertz CT molecular complexity index is 162. The summed E-state index contributed by atoms with van der Waals surface area (Å²) in [4.78, 5) is 2.41. The van der Waals surface area contributed by atoms with Crippen molar-refractivity contribution in [1.29, 1.82) is 0 Å². The van der Waals surface area contributed by atoms with Crippen LogP contribution in [0.15, 0.2) is 0 Å². The summed E-state index contributed by atoms with van der Waals surface area (Å²) in [5.41, 5.74) is 0. The predicted molar refractivity (Wildman–Crippen MR) is 70.9 cm³/mol. The van der Waals surface area contributed by atoms with Gasteiger partial charge in [-0.05, 0) is 32.9 Å². The lowest BCUT2D eigenvalue weighted by atomic mass is 10.0. The minimum absolute atomic E-state index is 0.441. The highest BCUT2D eigenvalue weighted by molar-refractivity contribution is 4.74. The Morgan fingerprint density at radius 2 is 1.88 bits per heavy atom. The van der Waals surface area contributed by atoms with E-state index in [1.54, 1.807) is 7.11 Å². The lowest BCUT2D eigenvalue weighted by molar-refractivity contribution is 0.124. The van der Waals surface area contributed by atoms with E-state index >= 15 is 0 Å². The monoisotopic (exact) mass is 230 g/mol. The van der Waals surface area contributed by atoms with Crippen molar-refractivity contribution in [3.8, 4) is 0 Å². The van der Waals surface area contributed by atoms with Gasteiger partial charge in [0.1, 0.15) is 0 Å². The zero-order chi connectivity index (χ0) is 12.6. The number of nitrogens with zero attached hydrogens (tertiary/aromatic N) is 1. The summed E-state index contributed by atoms with van der Waals surface area (Å²) in [5.74, 6) is 0.694. The van der Waals surface area contributed by atoms with Crippen LogP contribution < -0.4 is 5.32 Å². The topological polar surface area (TPSA) is 24.5 Å². The Kier molecular flexibility index (Phi) is 8.90. The highest BCUT2D eigenvalue weighted by atomic mass is 16.5. The van der Waals surface area contributed by atoms with Crippen LogP contribution >= 0.6 is 0 Å². The van der Waals surface area contributed by atoms with Crippen molar-refractivity contribution < 1.29 is 4.74 Å². The molecule has 0 saturated heterocycles.